The molecule has 5 nitrogen and oxygen atoms in total. The lowest BCUT2D eigenvalue weighted by Crippen LogP contribution is -2.49. The maximum absolute atomic E-state index is 11.7. The molecular formula is C11H15NO4S. The zero-order valence-corrected chi connectivity index (χ0v) is 10.8. The van der Waals surface area contributed by atoms with Crippen molar-refractivity contribution in [2.75, 3.05) is 6.26 Å². The summed E-state index contributed by atoms with van der Waals surface area (Å²) in [6.07, 6.45) is 1.93. The summed E-state index contributed by atoms with van der Waals surface area (Å²) in [4.78, 5) is 22.6. The molecule has 0 saturated heterocycles. The van der Waals surface area contributed by atoms with Crippen molar-refractivity contribution >= 4 is 23.6 Å². The van der Waals surface area contributed by atoms with E-state index in [4.69, 9.17) is 9.52 Å². The van der Waals surface area contributed by atoms with E-state index in [1.54, 1.807) is 23.9 Å². The Morgan fingerprint density at radius 2 is 2.12 bits per heavy atom. The Hall–Kier alpha value is -1.43. The molecule has 94 valence electrons. The van der Waals surface area contributed by atoms with E-state index in [-0.39, 0.29) is 5.76 Å². The van der Waals surface area contributed by atoms with Gasteiger partial charge in [0.15, 0.2) is 5.76 Å². The van der Waals surface area contributed by atoms with Crippen molar-refractivity contribution in [3.05, 3.63) is 23.7 Å². The number of nitrogens with one attached hydrogen (secondary N) is 1. The number of aliphatic carboxylic acids is 1. The monoisotopic (exact) mass is 257 g/mol. The molecule has 0 aliphatic carbocycles. The molecule has 1 aromatic heterocycles. The van der Waals surface area contributed by atoms with Crippen molar-refractivity contribution in [2.45, 2.75) is 25.1 Å². The standard InChI is InChI=1S/C11H15NO4S/c1-11(2,10(14)15)12-9(13)8-5-4-7(16-8)6-17-3/h4-5H,6H2,1-3H3,(H,12,13)(H,14,15). The van der Waals surface area contributed by atoms with Gasteiger partial charge in [-0.2, -0.15) is 11.8 Å². The smallest absolute Gasteiger partial charge is 0.328 e. The van der Waals surface area contributed by atoms with Crippen LogP contribution in [0.15, 0.2) is 16.5 Å². The molecule has 0 aliphatic rings. The average Bonchev–Trinajstić information content (AvgIpc) is 2.66. The van der Waals surface area contributed by atoms with Gasteiger partial charge in [0.1, 0.15) is 11.3 Å². The van der Waals surface area contributed by atoms with Gasteiger partial charge >= 0.3 is 5.97 Å². The molecule has 0 aliphatic heterocycles. The van der Waals surface area contributed by atoms with Crippen LogP contribution in [0.3, 0.4) is 0 Å². The van der Waals surface area contributed by atoms with Crippen LogP contribution in [0.4, 0.5) is 0 Å². The molecule has 0 atom stereocenters. The molecule has 1 amide bonds. The molecule has 0 unspecified atom stereocenters. The Kier molecular flexibility index (Phi) is 4.22. The SMILES string of the molecule is CSCc1ccc(C(=O)NC(C)(C)C(=O)O)o1. The van der Waals surface area contributed by atoms with Gasteiger partial charge in [0.25, 0.3) is 5.91 Å². The van der Waals surface area contributed by atoms with Crippen LogP contribution in [0.2, 0.25) is 0 Å². The zero-order chi connectivity index (χ0) is 13.1. The molecule has 1 aromatic rings. The summed E-state index contributed by atoms with van der Waals surface area (Å²) >= 11 is 1.58. The maximum Gasteiger partial charge on any atom is 0.328 e. The van der Waals surface area contributed by atoms with Gasteiger partial charge in [0.2, 0.25) is 0 Å². The van der Waals surface area contributed by atoms with Crippen molar-refractivity contribution in [1.82, 2.24) is 5.32 Å². The molecule has 1 rings (SSSR count). The topological polar surface area (TPSA) is 79.5 Å². The molecule has 6 heteroatoms. The lowest BCUT2D eigenvalue weighted by molar-refractivity contribution is -0.143. The van der Waals surface area contributed by atoms with Gasteiger partial charge in [0, 0.05) is 0 Å². The van der Waals surface area contributed by atoms with Crippen molar-refractivity contribution in [3.63, 3.8) is 0 Å². The van der Waals surface area contributed by atoms with Gasteiger partial charge in [-0.3, -0.25) is 4.79 Å². The van der Waals surface area contributed by atoms with E-state index in [1.807, 2.05) is 6.26 Å². The molecule has 17 heavy (non-hydrogen) atoms. The van der Waals surface area contributed by atoms with Crippen LogP contribution < -0.4 is 5.32 Å². The number of carbonyl (C=O) groups excluding carboxylic acids is 1. The van der Waals surface area contributed by atoms with Gasteiger partial charge in [0.05, 0.1) is 5.75 Å². The highest BCUT2D eigenvalue weighted by Crippen LogP contribution is 2.14. The first kappa shape index (κ1) is 13.6. The fourth-order valence-electron chi connectivity index (χ4n) is 1.12. The third-order valence-electron chi connectivity index (χ3n) is 2.13. The first-order chi connectivity index (χ1) is 7.86. The number of furan rings is 1. The van der Waals surface area contributed by atoms with Crippen LogP contribution in [0.5, 0.6) is 0 Å². The van der Waals surface area contributed by atoms with Crippen molar-refractivity contribution in [2.24, 2.45) is 0 Å². The van der Waals surface area contributed by atoms with Crippen LogP contribution in [0.1, 0.15) is 30.2 Å². The zero-order valence-electron chi connectivity index (χ0n) is 9.94. The number of rotatable bonds is 5. The summed E-state index contributed by atoms with van der Waals surface area (Å²) in [5, 5.41) is 11.3. The van der Waals surface area contributed by atoms with Crippen LogP contribution in [0, 0.1) is 0 Å². The number of thioether (sulfide) groups is 1. The summed E-state index contributed by atoms with van der Waals surface area (Å²) in [5.41, 5.74) is -1.32. The number of hydrogen-bond donors (Lipinski definition) is 2. The second-order valence-corrected chi connectivity index (χ2v) is 4.95. The van der Waals surface area contributed by atoms with E-state index in [0.717, 1.165) is 0 Å². The second-order valence-electron chi connectivity index (χ2n) is 4.08. The number of hydrogen-bond acceptors (Lipinski definition) is 4. The molecule has 0 bridgehead atoms. The van der Waals surface area contributed by atoms with Gasteiger partial charge in [-0.25, -0.2) is 4.79 Å². The minimum Gasteiger partial charge on any atom is -0.480 e. The molecule has 0 radical (unpaired) electrons. The van der Waals surface area contributed by atoms with E-state index >= 15 is 0 Å². The molecule has 0 fully saturated rings. The van der Waals surface area contributed by atoms with Crippen molar-refractivity contribution in [1.29, 1.82) is 0 Å². The van der Waals surface area contributed by atoms with E-state index in [9.17, 15) is 9.59 Å². The third kappa shape index (κ3) is 3.52. The van der Waals surface area contributed by atoms with Crippen LogP contribution in [-0.4, -0.2) is 28.8 Å². The van der Waals surface area contributed by atoms with Gasteiger partial charge < -0.3 is 14.8 Å². The van der Waals surface area contributed by atoms with E-state index < -0.39 is 17.4 Å². The van der Waals surface area contributed by atoms with E-state index in [2.05, 4.69) is 5.32 Å². The Morgan fingerprint density at radius 3 is 2.65 bits per heavy atom. The van der Waals surface area contributed by atoms with E-state index in [1.165, 1.54) is 13.8 Å². The molecular weight excluding hydrogens is 242 g/mol. The van der Waals surface area contributed by atoms with Crippen molar-refractivity contribution in [3.8, 4) is 0 Å². The molecule has 0 aromatic carbocycles. The quantitative estimate of drug-likeness (QED) is 0.839. The highest BCUT2D eigenvalue weighted by atomic mass is 32.2. The fraction of sp³-hybridized carbons (Fsp3) is 0.455. The Labute approximate surface area is 104 Å². The first-order valence-electron chi connectivity index (χ1n) is 5.00. The number of carboxylic acids is 1. The molecule has 0 spiro atoms. The number of carbonyl (C=O) groups is 2. The highest BCUT2D eigenvalue weighted by molar-refractivity contribution is 7.97. The highest BCUT2D eigenvalue weighted by Gasteiger charge is 2.30. The molecule has 0 saturated carbocycles. The minimum absolute atomic E-state index is 0.128. The van der Waals surface area contributed by atoms with Gasteiger partial charge in [-0.15, -0.1) is 0 Å². The average molecular weight is 257 g/mol. The van der Waals surface area contributed by atoms with Crippen LogP contribution >= 0.6 is 11.8 Å². The Morgan fingerprint density at radius 1 is 1.47 bits per heavy atom. The number of amides is 1. The summed E-state index contributed by atoms with van der Waals surface area (Å²) in [6.45, 7) is 2.83. The lowest BCUT2D eigenvalue weighted by atomic mass is 10.1. The van der Waals surface area contributed by atoms with Crippen molar-refractivity contribution < 1.29 is 19.1 Å². The first-order valence-corrected chi connectivity index (χ1v) is 6.40. The number of carboxylic acid groups (broad SMARTS) is 1. The van der Waals surface area contributed by atoms with Gasteiger partial charge in [-0.05, 0) is 32.2 Å². The molecule has 2 N–H and O–H groups in total. The van der Waals surface area contributed by atoms with Gasteiger partial charge in [-0.1, -0.05) is 0 Å². The predicted octanol–water partition coefficient (Wildman–Crippen LogP) is 1.74. The summed E-state index contributed by atoms with van der Waals surface area (Å²) in [6, 6.07) is 3.25. The summed E-state index contributed by atoms with van der Waals surface area (Å²) in [5.74, 6) is -0.124. The Bertz CT molecular complexity index is 425. The normalized spacial score (nSPS) is 11.2. The lowest BCUT2D eigenvalue weighted by Gasteiger charge is -2.19. The second kappa shape index (κ2) is 5.27. The third-order valence-corrected chi connectivity index (χ3v) is 2.71. The summed E-state index contributed by atoms with van der Waals surface area (Å²) in [7, 11) is 0. The van der Waals surface area contributed by atoms with Crippen LogP contribution in [-0.2, 0) is 10.5 Å². The maximum atomic E-state index is 11.7. The molecule has 1 heterocycles. The largest absolute Gasteiger partial charge is 0.480 e. The fourth-order valence-corrected chi connectivity index (χ4v) is 1.56. The predicted molar refractivity (Wildman–Crippen MR) is 65.1 cm³/mol. The van der Waals surface area contributed by atoms with Crippen LogP contribution in [0.25, 0.3) is 0 Å². The minimum atomic E-state index is -1.32. The Balaban J connectivity index is 2.73. The van der Waals surface area contributed by atoms with E-state index in [0.29, 0.717) is 11.5 Å². The summed E-state index contributed by atoms with van der Waals surface area (Å²) < 4.78 is 5.29.